The molecule has 1 spiro atoms. The first kappa shape index (κ1) is 22.7. The molecule has 0 unspecified atom stereocenters. The van der Waals surface area contributed by atoms with E-state index in [0.29, 0.717) is 32.5 Å². The van der Waals surface area contributed by atoms with Crippen LogP contribution in [-0.4, -0.2) is 62.6 Å². The van der Waals surface area contributed by atoms with Crippen LogP contribution in [0.15, 0.2) is 47.4 Å². The van der Waals surface area contributed by atoms with E-state index in [9.17, 15) is 17.6 Å². The molecule has 172 valence electrons. The largest absolute Gasteiger partial charge is 0.497 e. The van der Waals surface area contributed by atoms with Gasteiger partial charge < -0.3 is 14.4 Å². The fourth-order valence-electron chi connectivity index (χ4n) is 4.37. The van der Waals surface area contributed by atoms with Gasteiger partial charge >= 0.3 is 0 Å². The van der Waals surface area contributed by atoms with Gasteiger partial charge in [0.15, 0.2) is 0 Å². The molecule has 0 aliphatic carbocycles. The number of sulfonamides is 1. The van der Waals surface area contributed by atoms with Crippen LogP contribution in [0, 0.1) is 12.7 Å². The van der Waals surface area contributed by atoms with Crippen LogP contribution in [0.5, 0.6) is 5.75 Å². The normalized spacial score (nSPS) is 18.8. The van der Waals surface area contributed by atoms with Crippen molar-refractivity contribution >= 4 is 15.9 Å². The van der Waals surface area contributed by atoms with Gasteiger partial charge in [0.1, 0.15) is 17.3 Å². The van der Waals surface area contributed by atoms with E-state index in [1.807, 2.05) is 24.3 Å². The summed E-state index contributed by atoms with van der Waals surface area (Å²) in [5.74, 6) is 0.281. The lowest BCUT2D eigenvalue weighted by Crippen LogP contribution is -2.55. The van der Waals surface area contributed by atoms with Gasteiger partial charge in [-0.2, -0.15) is 4.31 Å². The highest BCUT2D eigenvalue weighted by Crippen LogP contribution is 2.38. The standard InChI is InChI=1S/C23H27FN2O5S/c1-17-15-20(7-8-21(17)24)32(28,29)26-13-14-31-23(26)9-11-25(12-10-23)22(27)16-18-3-5-19(30-2)6-4-18/h3-8,15H,9-14,16H2,1-2H3. The van der Waals surface area contributed by atoms with Gasteiger partial charge in [0.2, 0.25) is 15.9 Å². The Labute approximate surface area is 187 Å². The number of rotatable bonds is 5. The van der Waals surface area contributed by atoms with Crippen molar-refractivity contribution in [3.8, 4) is 5.75 Å². The van der Waals surface area contributed by atoms with E-state index in [4.69, 9.17) is 9.47 Å². The Morgan fingerprint density at radius 1 is 1.12 bits per heavy atom. The third kappa shape index (κ3) is 4.24. The number of piperidine rings is 1. The molecular weight excluding hydrogens is 435 g/mol. The van der Waals surface area contributed by atoms with E-state index >= 15 is 0 Å². The molecule has 4 rings (SSSR count). The number of aryl methyl sites for hydroxylation is 1. The first-order chi connectivity index (χ1) is 15.2. The predicted octanol–water partition coefficient (Wildman–Crippen LogP) is 2.73. The van der Waals surface area contributed by atoms with Crippen molar-refractivity contribution in [1.29, 1.82) is 0 Å². The van der Waals surface area contributed by atoms with Crippen LogP contribution in [-0.2, 0) is 26.0 Å². The second kappa shape index (κ2) is 8.80. The van der Waals surface area contributed by atoms with Gasteiger partial charge in [-0.25, -0.2) is 12.8 Å². The van der Waals surface area contributed by atoms with E-state index < -0.39 is 21.6 Å². The van der Waals surface area contributed by atoms with Crippen molar-refractivity contribution in [2.75, 3.05) is 33.4 Å². The summed E-state index contributed by atoms with van der Waals surface area (Å²) in [4.78, 5) is 14.6. The number of amides is 1. The van der Waals surface area contributed by atoms with Gasteiger partial charge in [-0.15, -0.1) is 0 Å². The molecule has 32 heavy (non-hydrogen) atoms. The van der Waals surface area contributed by atoms with Gasteiger partial charge in [0.05, 0.1) is 25.0 Å². The number of ether oxygens (including phenoxy) is 2. The van der Waals surface area contributed by atoms with Crippen LogP contribution in [0.25, 0.3) is 0 Å². The highest BCUT2D eigenvalue weighted by Gasteiger charge is 2.51. The monoisotopic (exact) mass is 462 g/mol. The maximum absolute atomic E-state index is 13.6. The minimum absolute atomic E-state index is 0.00780. The van der Waals surface area contributed by atoms with Crippen molar-refractivity contribution < 1.29 is 27.1 Å². The Hall–Kier alpha value is -2.49. The van der Waals surface area contributed by atoms with Gasteiger partial charge in [-0.1, -0.05) is 12.1 Å². The molecule has 7 nitrogen and oxygen atoms in total. The van der Waals surface area contributed by atoms with Gasteiger partial charge in [0, 0.05) is 32.5 Å². The lowest BCUT2D eigenvalue weighted by atomic mass is 10.00. The number of methoxy groups -OCH3 is 1. The molecule has 2 fully saturated rings. The molecule has 0 aromatic heterocycles. The van der Waals surface area contributed by atoms with Crippen molar-refractivity contribution in [2.24, 2.45) is 0 Å². The lowest BCUT2D eigenvalue weighted by Gasteiger charge is -2.42. The highest BCUT2D eigenvalue weighted by atomic mass is 32.2. The molecule has 0 saturated carbocycles. The fourth-order valence-corrected chi connectivity index (χ4v) is 6.18. The average molecular weight is 463 g/mol. The van der Waals surface area contributed by atoms with Crippen LogP contribution in [0.2, 0.25) is 0 Å². The van der Waals surface area contributed by atoms with Crippen LogP contribution < -0.4 is 4.74 Å². The van der Waals surface area contributed by atoms with E-state index in [-0.39, 0.29) is 29.3 Å². The van der Waals surface area contributed by atoms with E-state index in [2.05, 4.69) is 0 Å². The van der Waals surface area contributed by atoms with E-state index in [0.717, 1.165) is 11.3 Å². The second-order valence-electron chi connectivity index (χ2n) is 8.19. The molecule has 0 bridgehead atoms. The first-order valence-corrected chi connectivity index (χ1v) is 12.0. The number of carbonyl (C=O) groups is 1. The Morgan fingerprint density at radius 2 is 1.81 bits per heavy atom. The number of halogens is 1. The molecule has 2 aromatic carbocycles. The summed E-state index contributed by atoms with van der Waals surface area (Å²) in [7, 11) is -2.26. The summed E-state index contributed by atoms with van der Waals surface area (Å²) in [6.45, 7) is 2.88. The Kier molecular flexibility index (Phi) is 6.24. The third-order valence-corrected chi connectivity index (χ3v) is 8.19. The zero-order chi connectivity index (χ0) is 22.9. The molecular formula is C23H27FN2O5S. The zero-order valence-electron chi connectivity index (χ0n) is 18.2. The predicted molar refractivity (Wildman–Crippen MR) is 116 cm³/mol. The minimum atomic E-state index is -3.85. The van der Waals surface area contributed by atoms with Crippen LogP contribution in [0.1, 0.15) is 24.0 Å². The molecule has 9 heteroatoms. The summed E-state index contributed by atoms with van der Waals surface area (Å²) in [5, 5.41) is 0. The smallest absolute Gasteiger partial charge is 0.245 e. The van der Waals surface area contributed by atoms with Crippen LogP contribution >= 0.6 is 0 Å². The van der Waals surface area contributed by atoms with Gasteiger partial charge in [-0.3, -0.25) is 4.79 Å². The average Bonchev–Trinajstić information content (AvgIpc) is 3.20. The maximum Gasteiger partial charge on any atom is 0.245 e. The van der Waals surface area contributed by atoms with E-state index in [1.165, 1.54) is 29.4 Å². The maximum atomic E-state index is 13.6. The first-order valence-electron chi connectivity index (χ1n) is 10.6. The van der Waals surface area contributed by atoms with Crippen LogP contribution in [0.4, 0.5) is 4.39 Å². The molecule has 2 aromatic rings. The highest BCUT2D eigenvalue weighted by molar-refractivity contribution is 7.89. The SMILES string of the molecule is COc1ccc(CC(=O)N2CCC3(CC2)OCCN3S(=O)(=O)c2ccc(F)c(C)c2)cc1. The van der Waals surface area contributed by atoms with Gasteiger partial charge in [0.25, 0.3) is 0 Å². The molecule has 2 aliphatic heterocycles. The Bertz CT molecular complexity index is 1100. The Balaban J connectivity index is 1.45. The molecule has 0 atom stereocenters. The molecule has 2 saturated heterocycles. The number of hydrogen-bond acceptors (Lipinski definition) is 5. The Morgan fingerprint density at radius 3 is 2.44 bits per heavy atom. The quantitative estimate of drug-likeness (QED) is 0.683. The zero-order valence-corrected chi connectivity index (χ0v) is 19.0. The van der Waals surface area contributed by atoms with Crippen LogP contribution in [0.3, 0.4) is 0 Å². The number of benzene rings is 2. The topological polar surface area (TPSA) is 76.2 Å². The minimum Gasteiger partial charge on any atom is -0.497 e. The van der Waals surface area contributed by atoms with Crippen molar-refractivity contribution in [3.05, 3.63) is 59.4 Å². The molecule has 1 amide bonds. The summed E-state index contributed by atoms with van der Waals surface area (Å²) >= 11 is 0. The van der Waals surface area contributed by atoms with Crippen molar-refractivity contribution in [1.82, 2.24) is 9.21 Å². The number of likely N-dealkylation sites (tertiary alicyclic amines) is 1. The second-order valence-corrected chi connectivity index (χ2v) is 10.1. The summed E-state index contributed by atoms with van der Waals surface area (Å²) in [6.07, 6.45) is 1.05. The number of carbonyl (C=O) groups excluding carboxylic acids is 1. The van der Waals surface area contributed by atoms with Gasteiger partial charge in [-0.05, 0) is 48.4 Å². The third-order valence-electron chi connectivity index (χ3n) is 6.25. The van der Waals surface area contributed by atoms with E-state index in [1.54, 1.807) is 12.0 Å². The summed E-state index contributed by atoms with van der Waals surface area (Å²) in [5.41, 5.74) is 0.196. The lowest BCUT2D eigenvalue weighted by molar-refractivity contribution is -0.139. The molecule has 2 aliphatic rings. The molecule has 0 radical (unpaired) electrons. The fraction of sp³-hybridized carbons (Fsp3) is 0.435. The van der Waals surface area contributed by atoms with Crippen molar-refractivity contribution in [3.63, 3.8) is 0 Å². The molecule has 2 heterocycles. The number of hydrogen-bond donors (Lipinski definition) is 0. The summed E-state index contributed by atoms with van der Waals surface area (Å²) in [6, 6.07) is 11.2. The summed E-state index contributed by atoms with van der Waals surface area (Å²) < 4.78 is 52.8. The number of nitrogens with zero attached hydrogens (tertiary/aromatic N) is 2. The van der Waals surface area contributed by atoms with Crippen molar-refractivity contribution in [2.45, 2.75) is 36.8 Å². The molecule has 0 N–H and O–H groups in total.